The van der Waals surface area contributed by atoms with Crippen LogP contribution in [-0.2, 0) is 0 Å². The van der Waals surface area contributed by atoms with Crippen molar-refractivity contribution in [3.8, 4) is 0 Å². The molecule has 0 amide bonds. The summed E-state index contributed by atoms with van der Waals surface area (Å²) in [7, 11) is 0. The van der Waals surface area contributed by atoms with Crippen molar-refractivity contribution in [1.29, 1.82) is 0 Å². The number of fused-ring (bicyclic) bond motifs is 1. The number of rotatable bonds is 5. The van der Waals surface area contributed by atoms with Gasteiger partial charge in [0.15, 0.2) is 5.78 Å². The molecule has 1 atom stereocenters. The summed E-state index contributed by atoms with van der Waals surface area (Å²) in [5.74, 6) is 0.112. The first-order chi connectivity index (χ1) is 12.1. The Morgan fingerprint density at radius 2 is 2.08 bits per heavy atom. The molecule has 25 heavy (non-hydrogen) atoms. The van der Waals surface area contributed by atoms with Gasteiger partial charge in [-0.15, -0.1) is 5.10 Å². The van der Waals surface area contributed by atoms with E-state index in [1.165, 1.54) is 24.6 Å². The summed E-state index contributed by atoms with van der Waals surface area (Å²) in [5, 5.41) is 13.6. The predicted octanol–water partition coefficient (Wildman–Crippen LogP) is 3.94. The number of carbonyl (C=O) groups is 1. The monoisotopic (exact) mass is 355 g/mol. The van der Waals surface area contributed by atoms with E-state index in [0.29, 0.717) is 6.04 Å². The van der Waals surface area contributed by atoms with E-state index in [-0.39, 0.29) is 11.0 Å². The smallest absolute Gasteiger partial charge is 0.210 e. The summed E-state index contributed by atoms with van der Waals surface area (Å²) in [4.78, 5) is 16.4. The summed E-state index contributed by atoms with van der Waals surface area (Å²) in [6.45, 7) is 3.88. The van der Waals surface area contributed by atoms with Crippen LogP contribution in [0.15, 0.2) is 29.4 Å². The zero-order valence-corrected chi connectivity index (χ0v) is 15.2. The van der Waals surface area contributed by atoms with Crippen LogP contribution in [0.1, 0.15) is 54.7 Å². The van der Waals surface area contributed by atoms with E-state index in [0.717, 1.165) is 40.2 Å². The maximum absolute atomic E-state index is 13.1. The van der Waals surface area contributed by atoms with Crippen LogP contribution in [0.25, 0.3) is 10.9 Å². The number of hydrogen-bond donors (Lipinski definition) is 1. The minimum Gasteiger partial charge on any atom is -0.358 e. The summed E-state index contributed by atoms with van der Waals surface area (Å²) in [6.07, 6.45) is 4.67. The van der Waals surface area contributed by atoms with Gasteiger partial charge in [0.25, 0.3) is 0 Å². The van der Waals surface area contributed by atoms with Crippen molar-refractivity contribution in [3.05, 3.63) is 35.5 Å². The van der Waals surface area contributed by atoms with Gasteiger partial charge in [-0.25, -0.2) is 4.68 Å². The van der Waals surface area contributed by atoms with Crippen LogP contribution >= 0.6 is 11.8 Å². The highest BCUT2D eigenvalue weighted by molar-refractivity contribution is 8.00. The van der Waals surface area contributed by atoms with E-state index in [4.69, 9.17) is 0 Å². The van der Waals surface area contributed by atoms with Gasteiger partial charge < -0.3 is 4.98 Å². The number of benzene rings is 1. The third-order valence-electron chi connectivity index (χ3n) is 4.92. The number of carbonyl (C=O) groups excluding carboxylic acids is 1. The molecular weight excluding hydrogens is 334 g/mol. The fourth-order valence-electron chi connectivity index (χ4n) is 3.65. The van der Waals surface area contributed by atoms with Gasteiger partial charge in [-0.2, -0.15) is 0 Å². The van der Waals surface area contributed by atoms with Crippen LogP contribution < -0.4 is 0 Å². The van der Waals surface area contributed by atoms with Crippen molar-refractivity contribution in [3.63, 3.8) is 0 Å². The predicted molar refractivity (Wildman–Crippen MR) is 98.0 cm³/mol. The van der Waals surface area contributed by atoms with E-state index in [9.17, 15) is 4.79 Å². The topological polar surface area (TPSA) is 76.5 Å². The maximum atomic E-state index is 13.1. The lowest BCUT2D eigenvalue weighted by atomic mass is 10.1. The molecule has 0 spiro atoms. The number of ketones is 1. The number of nitrogens with zero attached hydrogens (tertiary/aromatic N) is 4. The fourth-order valence-corrected chi connectivity index (χ4v) is 4.57. The lowest BCUT2D eigenvalue weighted by molar-refractivity contribution is 0.0995. The first kappa shape index (κ1) is 16.3. The Kier molecular flexibility index (Phi) is 4.33. The Balaban J connectivity index is 1.59. The fraction of sp³-hybridized carbons (Fsp3) is 0.444. The molecule has 1 fully saturated rings. The van der Waals surface area contributed by atoms with Gasteiger partial charge >= 0.3 is 0 Å². The first-order valence-electron chi connectivity index (χ1n) is 8.71. The number of hydrogen-bond acceptors (Lipinski definition) is 5. The number of aromatic amines is 1. The molecule has 6 nitrogen and oxygen atoms in total. The Morgan fingerprint density at radius 3 is 2.88 bits per heavy atom. The van der Waals surface area contributed by atoms with Crippen LogP contribution in [0.3, 0.4) is 0 Å². The molecule has 1 aromatic carbocycles. The summed E-state index contributed by atoms with van der Waals surface area (Å²) in [5.41, 5.74) is 2.68. The Hall–Kier alpha value is -2.15. The van der Waals surface area contributed by atoms with Crippen LogP contribution in [0, 0.1) is 6.92 Å². The number of Topliss-reactive ketones (excluding diaryl/α,β-unsaturated/α-hetero) is 1. The van der Waals surface area contributed by atoms with E-state index in [1.807, 2.05) is 42.8 Å². The molecule has 4 rings (SSSR count). The number of aromatic nitrogens is 5. The summed E-state index contributed by atoms with van der Waals surface area (Å²) in [6, 6.07) is 8.30. The zero-order valence-electron chi connectivity index (χ0n) is 14.4. The van der Waals surface area contributed by atoms with Gasteiger partial charge in [0.05, 0.1) is 11.3 Å². The quantitative estimate of drug-likeness (QED) is 0.554. The highest BCUT2D eigenvalue weighted by Gasteiger charge is 2.27. The number of aryl methyl sites for hydroxylation is 1. The SMILES string of the molecule is Cc1[nH]c2ccccc2c1C(=O)[C@@H](C)Sc1nnnn1C1CCCC1. The molecule has 0 bridgehead atoms. The molecule has 3 aromatic rings. The average Bonchev–Trinajstić information content (AvgIpc) is 3.32. The number of para-hydroxylation sites is 1. The molecular formula is C18H21N5OS. The molecule has 2 heterocycles. The largest absolute Gasteiger partial charge is 0.358 e. The van der Waals surface area contributed by atoms with Gasteiger partial charge in [0.2, 0.25) is 5.16 Å². The molecule has 2 aromatic heterocycles. The second kappa shape index (κ2) is 6.63. The second-order valence-corrected chi connectivity index (χ2v) is 7.95. The molecule has 0 radical (unpaired) electrons. The van der Waals surface area contributed by atoms with Crippen LogP contribution in [0.2, 0.25) is 0 Å². The molecule has 1 N–H and O–H groups in total. The van der Waals surface area contributed by atoms with Crippen LogP contribution in [-0.4, -0.2) is 36.2 Å². The molecule has 0 unspecified atom stereocenters. The van der Waals surface area contributed by atoms with Crippen molar-refractivity contribution < 1.29 is 4.79 Å². The van der Waals surface area contributed by atoms with Gasteiger partial charge in [0.1, 0.15) is 0 Å². The standard InChI is InChI=1S/C18H21N5OS/c1-11-16(14-9-5-6-10-15(14)19-11)17(24)12(2)25-18-20-21-22-23(18)13-7-3-4-8-13/h5-6,9-10,12-13,19H,3-4,7-8H2,1-2H3/t12-/m1/s1. The maximum Gasteiger partial charge on any atom is 0.210 e. The highest BCUT2D eigenvalue weighted by Crippen LogP contribution is 2.34. The van der Waals surface area contributed by atoms with Crippen molar-refractivity contribution in [2.45, 2.75) is 56.0 Å². The normalized spacial score (nSPS) is 16.6. The zero-order chi connectivity index (χ0) is 17.4. The molecule has 1 aliphatic rings. The van der Waals surface area contributed by atoms with E-state index < -0.39 is 0 Å². The average molecular weight is 355 g/mol. The van der Waals surface area contributed by atoms with Crippen LogP contribution in [0.4, 0.5) is 0 Å². The van der Waals surface area contributed by atoms with Crippen LogP contribution in [0.5, 0.6) is 0 Å². The van der Waals surface area contributed by atoms with Gasteiger partial charge in [-0.3, -0.25) is 4.79 Å². The number of H-pyrrole nitrogens is 1. The minimum atomic E-state index is -0.246. The first-order valence-corrected chi connectivity index (χ1v) is 9.59. The Morgan fingerprint density at radius 1 is 1.32 bits per heavy atom. The lowest BCUT2D eigenvalue weighted by Crippen LogP contribution is -2.16. The molecule has 1 saturated carbocycles. The van der Waals surface area contributed by atoms with Crippen molar-refractivity contribution in [1.82, 2.24) is 25.2 Å². The summed E-state index contributed by atoms with van der Waals surface area (Å²) >= 11 is 1.45. The number of tetrazole rings is 1. The van der Waals surface area contributed by atoms with Gasteiger partial charge in [0, 0.05) is 22.2 Å². The number of thioether (sulfide) groups is 1. The van der Waals surface area contributed by atoms with Crippen molar-refractivity contribution in [2.75, 3.05) is 0 Å². The van der Waals surface area contributed by atoms with E-state index in [2.05, 4.69) is 20.5 Å². The van der Waals surface area contributed by atoms with Crippen molar-refractivity contribution >= 4 is 28.4 Å². The van der Waals surface area contributed by atoms with Gasteiger partial charge in [-0.05, 0) is 43.2 Å². The van der Waals surface area contributed by atoms with E-state index in [1.54, 1.807) is 0 Å². The molecule has 0 saturated heterocycles. The van der Waals surface area contributed by atoms with E-state index >= 15 is 0 Å². The third kappa shape index (κ3) is 2.97. The minimum absolute atomic E-state index is 0.112. The lowest BCUT2D eigenvalue weighted by Gasteiger charge is -2.13. The van der Waals surface area contributed by atoms with Gasteiger partial charge in [-0.1, -0.05) is 42.8 Å². The summed E-state index contributed by atoms with van der Waals surface area (Å²) < 4.78 is 1.91. The third-order valence-corrected chi connectivity index (χ3v) is 5.97. The van der Waals surface area contributed by atoms with Crippen molar-refractivity contribution in [2.24, 2.45) is 0 Å². The molecule has 0 aliphatic heterocycles. The molecule has 1 aliphatic carbocycles. The Bertz CT molecular complexity index is 909. The number of nitrogens with one attached hydrogen (secondary N) is 1. The molecule has 7 heteroatoms. The highest BCUT2D eigenvalue weighted by atomic mass is 32.2. The Labute approximate surface area is 150 Å². The second-order valence-electron chi connectivity index (χ2n) is 6.64. The molecule has 130 valence electrons.